The van der Waals surface area contributed by atoms with Gasteiger partial charge in [0.2, 0.25) is 0 Å². The van der Waals surface area contributed by atoms with Gasteiger partial charge in [-0.3, -0.25) is 4.99 Å². The van der Waals surface area contributed by atoms with Crippen LogP contribution in [-0.2, 0) is 6.42 Å². The second-order valence-electron chi connectivity index (χ2n) is 6.59. The molecule has 0 saturated heterocycles. The third kappa shape index (κ3) is 3.67. The summed E-state index contributed by atoms with van der Waals surface area (Å²) in [6.45, 7) is 0. The van der Waals surface area contributed by atoms with Crippen molar-refractivity contribution < 1.29 is 4.39 Å². The molecule has 0 bridgehead atoms. The summed E-state index contributed by atoms with van der Waals surface area (Å²) < 4.78 is 13.4. The van der Waals surface area contributed by atoms with Crippen LogP contribution >= 0.6 is 0 Å². The van der Waals surface area contributed by atoms with Crippen LogP contribution in [0.25, 0.3) is 0 Å². The normalized spacial score (nSPS) is 19.0. The van der Waals surface area contributed by atoms with Gasteiger partial charge >= 0.3 is 0 Å². The Morgan fingerprint density at radius 3 is 2.15 bits per heavy atom. The molecule has 3 aromatic rings. The highest BCUT2D eigenvalue weighted by atomic mass is 19.1. The Kier molecular flexibility index (Phi) is 4.78. The summed E-state index contributed by atoms with van der Waals surface area (Å²) in [5, 5.41) is 3.60. The van der Waals surface area contributed by atoms with Gasteiger partial charge in [-0.15, -0.1) is 0 Å². The van der Waals surface area contributed by atoms with Crippen molar-refractivity contribution in [3.8, 4) is 0 Å². The Balaban J connectivity index is 1.56. The lowest BCUT2D eigenvalue weighted by molar-refractivity contribution is 0.571. The van der Waals surface area contributed by atoms with Crippen molar-refractivity contribution in [3.63, 3.8) is 0 Å². The number of halogens is 1. The van der Waals surface area contributed by atoms with Gasteiger partial charge in [0.1, 0.15) is 11.9 Å². The zero-order valence-electron chi connectivity index (χ0n) is 14.5. The van der Waals surface area contributed by atoms with Gasteiger partial charge in [0, 0.05) is 6.42 Å². The van der Waals surface area contributed by atoms with Crippen LogP contribution in [-0.4, -0.2) is 5.84 Å². The fourth-order valence-electron chi connectivity index (χ4n) is 3.47. The first kappa shape index (κ1) is 16.5. The second kappa shape index (κ2) is 7.52. The molecule has 1 N–H and O–H groups in total. The van der Waals surface area contributed by atoms with E-state index < -0.39 is 0 Å². The molecule has 0 aliphatic carbocycles. The van der Waals surface area contributed by atoms with Gasteiger partial charge in [0.25, 0.3) is 0 Å². The second-order valence-corrected chi connectivity index (χ2v) is 6.59. The van der Waals surface area contributed by atoms with Gasteiger partial charge in [-0.1, -0.05) is 72.8 Å². The van der Waals surface area contributed by atoms with E-state index in [0.717, 1.165) is 24.2 Å². The van der Waals surface area contributed by atoms with Gasteiger partial charge in [0.05, 0.1) is 11.9 Å². The van der Waals surface area contributed by atoms with Crippen molar-refractivity contribution in [2.75, 3.05) is 0 Å². The highest BCUT2D eigenvalue weighted by Gasteiger charge is 2.30. The van der Waals surface area contributed by atoms with E-state index in [9.17, 15) is 4.39 Å². The average molecular weight is 344 g/mol. The SMILES string of the molecule is Fc1cccc(CCC2=N[C@@H](c3ccccc3)[C@@H](c3ccccc3)N2)c1. The molecule has 0 amide bonds. The number of nitrogens with one attached hydrogen (secondary N) is 1. The molecule has 3 aromatic carbocycles. The van der Waals surface area contributed by atoms with Crippen LogP contribution in [0.3, 0.4) is 0 Å². The van der Waals surface area contributed by atoms with Crippen molar-refractivity contribution in [2.24, 2.45) is 4.99 Å². The molecule has 0 radical (unpaired) electrons. The van der Waals surface area contributed by atoms with Crippen LogP contribution in [0.5, 0.6) is 0 Å². The summed E-state index contributed by atoms with van der Waals surface area (Å²) in [6.07, 6.45) is 1.54. The summed E-state index contributed by atoms with van der Waals surface area (Å²) in [5.41, 5.74) is 3.43. The summed E-state index contributed by atoms with van der Waals surface area (Å²) in [4.78, 5) is 4.97. The molecule has 1 aliphatic rings. The summed E-state index contributed by atoms with van der Waals surface area (Å²) in [6, 6.07) is 27.8. The minimum atomic E-state index is -0.187. The van der Waals surface area contributed by atoms with E-state index >= 15 is 0 Å². The number of benzene rings is 3. The molecule has 0 saturated carbocycles. The maximum absolute atomic E-state index is 13.4. The van der Waals surface area contributed by atoms with Gasteiger partial charge in [-0.2, -0.15) is 0 Å². The van der Waals surface area contributed by atoms with E-state index in [4.69, 9.17) is 4.99 Å². The summed E-state index contributed by atoms with van der Waals surface area (Å²) in [5.74, 6) is 0.796. The van der Waals surface area contributed by atoms with E-state index in [0.29, 0.717) is 0 Å². The van der Waals surface area contributed by atoms with E-state index in [2.05, 4.69) is 53.8 Å². The van der Waals surface area contributed by atoms with Crippen LogP contribution in [0, 0.1) is 5.82 Å². The molecule has 26 heavy (non-hydrogen) atoms. The van der Waals surface area contributed by atoms with E-state index in [1.165, 1.54) is 17.2 Å². The van der Waals surface area contributed by atoms with Crippen molar-refractivity contribution in [1.29, 1.82) is 0 Å². The monoisotopic (exact) mass is 344 g/mol. The Labute approximate surface area is 153 Å². The van der Waals surface area contributed by atoms with Crippen molar-refractivity contribution in [1.82, 2.24) is 5.32 Å². The van der Waals surface area contributed by atoms with Crippen LogP contribution in [0.4, 0.5) is 4.39 Å². The van der Waals surface area contributed by atoms with Gasteiger partial charge in [-0.05, 0) is 35.2 Å². The average Bonchev–Trinajstić information content (AvgIpc) is 3.12. The van der Waals surface area contributed by atoms with E-state index in [1.54, 1.807) is 12.1 Å². The van der Waals surface area contributed by atoms with Gasteiger partial charge in [0.15, 0.2) is 0 Å². The molecule has 0 aromatic heterocycles. The van der Waals surface area contributed by atoms with Crippen molar-refractivity contribution in [2.45, 2.75) is 24.9 Å². The Hall–Kier alpha value is -2.94. The Morgan fingerprint density at radius 2 is 1.46 bits per heavy atom. The van der Waals surface area contributed by atoms with E-state index in [-0.39, 0.29) is 17.9 Å². The molecule has 0 spiro atoms. The van der Waals surface area contributed by atoms with Crippen LogP contribution in [0.15, 0.2) is 89.9 Å². The molecule has 0 unspecified atom stereocenters. The van der Waals surface area contributed by atoms with Crippen LogP contribution in [0.1, 0.15) is 35.2 Å². The minimum absolute atomic E-state index is 0.0566. The number of aliphatic imine (C=N–C) groups is 1. The van der Waals surface area contributed by atoms with Crippen molar-refractivity contribution in [3.05, 3.63) is 107 Å². The predicted molar refractivity (Wildman–Crippen MR) is 104 cm³/mol. The molecule has 1 heterocycles. The van der Waals surface area contributed by atoms with Gasteiger partial charge in [-0.25, -0.2) is 4.39 Å². The topological polar surface area (TPSA) is 24.4 Å². The number of hydrogen-bond donors (Lipinski definition) is 1. The Morgan fingerprint density at radius 1 is 0.769 bits per heavy atom. The molecular weight excluding hydrogens is 323 g/mol. The number of nitrogens with zero attached hydrogens (tertiary/aromatic N) is 1. The first-order chi connectivity index (χ1) is 12.8. The Bertz CT molecular complexity index is 890. The quantitative estimate of drug-likeness (QED) is 0.672. The molecule has 0 fully saturated rings. The number of aryl methyl sites for hydroxylation is 1. The summed E-state index contributed by atoms with van der Waals surface area (Å²) >= 11 is 0. The molecule has 130 valence electrons. The largest absolute Gasteiger partial charge is 0.364 e. The van der Waals surface area contributed by atoms with Crippen LogP contribution in [0.2, 0.25) is 0 Å². The molecule has 1 aliphatic heterocycles. The molecule has 2 atom stereocenters. The predicted octanol–water partition coefficient (Wildman–Crippen LogP) is 5.24. The lowest BCUT2D eigenvalue weighted by atomic mass is 9.95. The highest BCUT2D eigenvalue weighted by Crippen LogP contribution is 2.36. The zero-order chi connectivity index (χ0) is 17.8. The lowest BCUT2D eigenvalue weighted by Crippen LogP contribution is -2.24. The van der Waals surface area contributed by atoms with Gasteiger partial charge < -0.3 is 5.32 Å². The molecule has 3 heteroatoms. The standard InChI is InChI=1S/C23H21FN2/c24-20-13-7-8-17(16-20)14-15-21-25-22(18-9-3-1-4-10-18)23(26-21)19-11-5-2-6-12-19/h1-13,16,22-23H,14-15H2,(H,25,26)/t22-,23+. The maximum atomic E-state index is 13.4. The first-order valence-electron chi connectivity index (χ1n) is 8.97. The number of rotatable bonds is 5. The fourth-order valence-corrected chi connectivity index (χ4v) is 3.47. The lowest BCUT2D eigenvalue weighted by Gasteiger charge is -2.19. The molecular formula is C23H21FN2. The van der Waals surface area contributed by atoms with Crippen LogP contribution < -0.4 is 5.32 Å². The fraction of sp³-hybridized carbons (Fsp3) is 0.174. The number of hydrogen-bond acceptors (Lipinski definition) is 2. The molecule has 4 rings (SSSR count). The number of amidine groups is 1. The highest BCUT2D eigenvalue weighted by molar-refractivity contribution is 5.85. The zero-order valence-corrected chi connectivity index (χ0v) is 14.5. The third-order valence-corrected chi connectivity index (χ3v) is 4.77. The third-order valence-electron chi connectivity index (χ3n) is 4.77. The smallest absolute Gasteiger partial charge is 0.123 e. The summed E-state index contributed by atoms with van der Waals surface area (Å²) in [7, 11) is 0. The van der Waals surface area contributed by atoms with Crippen molar-refractivity contribution >= 4 is 5.84 Å². The molecule has 2 nitrogen and oxygen atoms in total. The first-order valence-corrected chi connectivity index (χ1v) is 8.97. The van der Waals surface area contributed by atoms with E-state index in [1.807, 2.05) is 18.2 Å². The minimum Gasteiger partial charge on any atom is -0.364 e. The maximum Gasteiger partial charge on any atom is 0.123 e.